The lowest BCUT2D eigenvalue weighted by molar-refractivity contribution is -0.142. The summed E-state index contributed by atoms with van der Waals surface area (Å²) in [5.74, 6) is -0.805. The third-order valence-corrected chi connectivity index (χ3v) is 5.02. The molecular formula is C21H21FN4O4. The second-order valence-corrected chi connectivity index (χ2v) is 7.26. The number of primary amides is 1. The number of hydrogen-bond acceptors (Lipinski definition) is 5. The largest absolute Gasteiger partial charge is 0.490 e. The van der Waals surface area contributed by atoms with Crippen LogP contribution in [-0.4, -0.2) is 58.8 Å². The van der Waals surface area contributed by atoms with Gasteiger partial charge < -0.3 is 20.1 Å². The number of para-hydroxylation sites is 1. The van der Waals surface area contributed by atoms with E-state index >= 15 is 0 Å². The molecule has 156 valence electrons. The zero-order chi connectivity index (χ0) is 21.1. The summed E-state index contributed by atoms with van der Waals surface area (Å²) < 4.78 is 24.7. The Morgan fingerprint density at radius 3 is 2.77 bits per heavy atom. The molecule has 2 aromatic carbocycles. The standard InChI is InChI=1S/C21H21FN4O4/c22-14-5-7-15(8-6-14)29-13-21(11-18(23)27)12-26(9-10-30-21)20(28)19-16-3-1-2-4-17(16)24-25-19/h1-8H,9-13H2,(H2,23,27)(H,24,25). The quantitative estimate of drug-likeness (QED) is 0.642. The fourth-order valence-electron chi connectivity index (χ4n) is 3.60. The number of carbonyl (C=O) groups is 2. The second-order valence-electron chi connectivity index (χ2n) is 7.26. The van der Waals surface area contributed by atoms with Gasteiger partial charge in [0.15, 0.2) is 5.69 Å². The maximum Gasteiger partial charge on any atom is 0.275 e. The van der Waals surface area contributed by atoms with E-state index in [2.05, 4.69) is 10.2 Å². The van der Waals surface area contributed by atoms with Gasteiger partial charge in [-0.25, -0.2) is 4.39 Å². The number of amides is 2. The number of morpholine rings is 1. The molecule has 9 heteroatoms. The topological polar surface area (TPSA) is 111 Å². The number of nitrogens with one attached hydrogen (secondary N) is 1. The maximum atomic E-state index is 13.1. The van der Waals surface area contributed by atoms with E-state index in [0.717, 1.165) is 10.9 Å². The number of halogens is 1. The molecule has 0 spiro atoms. The van der Waals surface area contributed by atoms with Gasteiger partial charge in [0, 0.05) is 11.9 Å². The summed E-state index contributed by atoms with van der Waals surface area (Å²) in [5, 5.41) is 7.74. The van der Waals surface area contributed by atoms with Crippen LogP contribution in [0.15, 0.2) is 48.5 Å². The Morgan fingerprint density at radius 1 is 1.23 bits per heavy atom. The lowest BCUT2D eigenvalue weighted by Crippen LogP contribution is -2.58. The molecule has 4 rings (SSSR count). The van der Waals surface area contributed by atoms with Gasteiger partial charge in [0.05, 0.1) is 25.1 Å². The molecule has 0 aliphatic carbocycles. The first-order valence-electron chi connectivity index (χ1n) is 9.49. The molecule has 1 aliphatic heterocycles. The average molecular weight is 412 g/mol. The number of rotatable bonds is 6. The molecule has 1 atom stereocenters. The van der Waals surface area contributed by atoms with Crippen molar-refractivity contribution in [3.8, 4) is 5.75 Å². The Labute approximate surface area is 171 Å². The summed E-state index contributed by atoms with van der Waals surface area (Å²) in [6, 6.07) is 12.9. The van der Waals surface area contributed by atoms with Crippen molar-refractivity contribution in [2.24, 2.45) is 5.73 Å². The molecule has 0 saturated carbocycles. The van der Waals surface area contributed by atoms with Crippen LogP contribution in [0.1, 0.15) is 16.9 Å². The Balaban J connectivity index is 1.54. The van der Waals surface area contributed by atoms with Crippen LogP contribution in [-0.2, 0) is 9.53 Å². The van der Waals surface area contributed by atoms with Crippen molar-refractivity contribution in [3.63, 3.8) is 0 Å². The van der Waals surface area contributed by atoms with E-state index in [1.54, 1.807) is 4.90 Å². The molecule has 1 aliphatic rings. The number of aromatic amines is 1. The highest BCUT2D eigenvalue weighted by Gasteiger charge is 2.41. The van der Waals surface area contributed by atoms with Crippen molar-refractivity contribution in [3.05, 3.63) is 60.0 Å². The van der Waals surface area contributed by atoms with Crippen LogP contribution in [0.2, 0.25) is 0 Å². The van der Waals surface area contributed by atoms with E-state index in [0.29, 0.717) is 18.0 Å². The monoisotopic (exact) mass is 412 g/mol. The zero-order valence-corrected chi connectivity index (χ0v) is 16.1. The lowest BCUT2D eigenvalue weighted by Gasteiger charge is -2.41. The van der Waals surface area contributed by atoms with Crippen molar-refractivity contribution in [2.75, 3.05) is 26.3 Å². The van der Waals surface area contributed by atoms with Gasteiger partial charge in [-0.3, -0.25) is 14.7 Å². The summed E-state index contributed by atoms with van der Waals surface area (Å²) in [5.41, 5.74) is 5.40. The SMILES string of the molecule is NC(=O)CC1(COc2ccc(F)cc2)CN(C(=O)c2n[nH]c3ccccc23)CCO1. The molecule has 0 bridgehead atoms. The van der Waals surface area contributed by atoms with Gasteiger partial charge in [-0.15, -0.1) is 0 Å². The third kappa shape index (κ3) is 4.11. The maximum absolute atomic E-state index is 13.1. The molecule has 8 nitrogen and oxygen atoms in total. The summed E-state index contributed by atoms with van der Waals surface area (Å²) >= 11 is 0. The first kappa shape index (κ1) is 19.8. The Morgan fingerprint density at radius 2 is 2.00 bits per heavy atom. The number of nitrogens with zero attached hydrogens (tertiary/aromatic N) is 2. The normalized spacial score (nSPS) is 19.0. The van der Waals surface area contributed by atoms with Crippen LogP contribution in [0, 0.1) is 5.82 Å². The van der Waals surface area contributed by atoms with Crippen LogP contribution in [0.4, 0.5) is 4.39 Å². The number of H-pyrrole nitrogens is 1. The van der Waals surface area contributed by atoms with Crippen molar-refractivity contribution in [2.45, 2.75) is 12.0 Å². The molecule has 1 saturated heterocycles. The molecule has 2 amide bonds. The highest BCUT2D eigenvalue weighted by Crippen LogP contribution is 2.26. The van der Waals surface area contributed by atoms with E-state index < -0.39 is 11.5 Å². The highest BCUT2D eigenvalue weighted by atomic mass is 19.1. The van der Waals surface area contributed by atoms with Crippen molar-refractivity contribution < 1.29 is 23.5 Å². The summed E-state index contributed by atoms with van der Waals surface area (Å²) in [7, 11) is 0. The molecular weight excluding hydrogens is 391 g/mol. The third-order valence-electron chi connectivity index (χ3n) is 5.02. The second kappa shape index (κ2) is 8.11. The number of benzene rings is 2. The molecule has 1 aromatic heterocycles. The number of aromatic nitrogens is 2. The molecule has 30 heavy (non-hydrogen) atoms. The van der Waals surface area contributed by atoms with E-state index in [1.165, 1.54) is 24.3 Å². The first-order chi connectivity index (χ1) is 14.5. The number of fused-ring (bicyclic) bond motifs is 1. The van der Waals surface area contributed by atoms with Gasteiger partial charge in [0.2, 0.25) is 5.91 Å². The molecule has 2 heterocycles. The zero-order valence-electron chi connectivity index (χ0n) is 16.1. The van der Waals surface area contributed by atoms with E-state index in [4.69, 9.17) is 15.2 Å². The van der Waals surface area contributed by atoms with Gasteiger partial charge in [-0.2, -0.15) is 5.10 Å². The molecule has 1 fully saturated rings. The number of carbonyl (C=O) groups excluding carboxylic acids is 2. The summed E-state index contributed by atoms with van der Waals surface area (Å²) in [4.78, 5) is 26.5. The summed E-state index contributed by atoms with van der Waals surface area (Å²) in [6.07, 6.45) is -0.126. The van der Waals surface area contributed by atoms with Crippen LogP contribution < -0.4 is 10.5 Å². The lowest BCUT2D eigenvalue weighted by atomic mass is 9.97. The average Bonchev–Trinajstić information content (AvgIpc) is 3.17. The van der Waals surface area contributed by atoms with E-state index in [-0.39, 0.29) is 37.9 Å². The summed E-state index contributed by atoms with van der Waals surface area (Å²) in [6.45, 7) is 0.648. The molecule has 1 unspecified atom stereocenters. The minimum Gasteiger partial charge on any atom is -0.490 e. The molecule has 3 aromatic rings. The van der Waals surface area contributed by atoms with Gasteiger partial charge in [-0.1, -0.05) is 18.2 Å². The van der Waals surface area contributed by atoms with Gasteiger partial charge in [0.1, 0.15) is 23.8 Å². The fourth-order valence-corrected chi connectivity index (χ4v) is 3.60. The van der Waals surface area contributed by atoms with Crippen molar-refractivity contribution in [1.29, 1.82) is 0 Å². The predicted octanol–water partition coefficient (Wildman–Crippen LogP) is 1.87. The Bertz CT molecular complexity index is 1070. The Hall–Kier alpha value is -3.46. The van der Waals surface area contributed by atoms with Crippen molar-refractivity contribution in [1.82, 2.24) is 15.1 Å². The number of ether oxygens (including phenoxy) is 2. The van der Waals surface area contributed by atoms with Gasteiger partial charge >= 0.3 is 0 Å². The van der Waals surface area contributed by atoms with Gasteiger partial charge in [-0.05, 0) is 30.3 Å². The van der Waals surface area contributed by atoms with Gasteiger partial charge in [0.25, 0.3) is 5.91 Å². The van der Waals surface area contributed by atoms with Crippen LogP contribution in [0.25, 0.3) is 10.9 Å². The predicted molar refractivity (Wildman–Crippen MR) is 106 cm³/mol. The highest BCUT2D eigenvalue weighted by molar-refractivity contribution is 6.04. The smallest absolute Gasteiger partial charge is 0.275 e. The molecule has 3 N–H and O–H groups in total. The van der Waals surface area contributed by atoms with Crippen LogP contribution in [0.3, 0.4) is 0 Å². The minimum absolute atomic E-state index is 0.0212. The van der Waals surface area contributed by atoms with E-state index in [9.17, 15) is 14.0 Å². The first-order valence-corrected chi connectivity index (χ1v) is 9.49. The number of hydrogen-bond donors (Lipinski definition) is 2. The fraction of sp³-hybridized carbons (Fsp3) is 0.286. The number of nitrogens with two attached hydrogens (primary N) is 1. The van der Waals surface area contributed by atoms with Crippen LogP contribution >= 0.6 is 0 Å². The molecule has 0 radical (unpaired) electrons. The van der Waals surface area contributed by atoms with Crippen LogP contribution in [0.5, 0.6) is 5.75 Å². The van der Waals surface area contributed by atoms with Crippen molar-refractivity contribution >= 4 is 22.7 Å². The van der Waals surface area contributed by atoms with E-state index in [1.807, 2.05) is 24.3 Å². The Kier molecular flexibility index (Phi) is 5.37. The minimum atomic E-state index is -1.11.